The van der Waals surface area contributed by atoms with Gasteiger partial charge in [0.15, 0.2) is 0 Å². The number of fused-ring (bicyclic) bond motifs is 1. The van der Waals surface area contributed by atoms with Gasteiger partial charge < -0.3 is 5.73 Å². The quantitative estimate of drug-likeness (QED) is 0.318. The van der Waals surface area contributed by atoms with Crippen molar-refractivity contribution in [2.24, 2.45) is 10.8 Å². The highest BCUT2D eigenvalue weighted by Gasteiger charge is 2.47. The van der Waals surface area contributed by atoms with Crippen LogP contribution in [0.2, 0.25) is 5.02 Å². The van der Waals surface area contributed by atoms with Gasteiger partial charge in [0, 0.05) is 10.6 Å². The molecule has 0 bridgehead atoms. The Morgan fingerprint density at radius 2 is 1.85 bits per heavy atom. The lowest BCUT2D eigenvalue weighted by Gasteiger charge is -2.35. The average molecular weight is 501 g/mol. The minimum Gasteiger partial charge on any atom is -0.330 e. The summed E-state index contributed by atoms with van der Waals surface area (Å²) in [7, 11) is 0. The number of nitrogens with zero attached hydrogens (tertiary/aromatic N) is 3. The second-order valence-corrected chi connectivity index (χ2v) is 10.3. The van der Waals surface area contributed by atoms with E-state index in [1.165, 1.54) is 29.2 Å². The fraction of sp³-hybridized carbons (Fsp3) is 0.167. The van der Waals surface area contributed by atoms with Crippen LogP contribution in [0.1, 0.15) is 24.0 Å². The van der Waals surface area contributed by atoms with Gasteiger partial charge in [0.25, 0.3) is 0 Å². The molecule has 33 heavy (non-hydrogen) atoms. The van der Waals surface area contributed by atoms with Gasteiger partial charge in [0.05, 0.1) is 10.2 Å². The molecule has 0 radical (unpaired) electrons. The van der Waals surface area contributed by atoms with Crippen LogP contribution in [0.25, 0.3) is 10.2 Å². The molecule has 1 unspecified atom stereocenters. The van der Waals surface area contributed by atoms with Crippen molar-refractivity contribution >= 4 is 55.1 Å². The molecule has 3 aromatic carbocycles. The predicted octanol–water partition coefficient (Wildman–Crippen LogP) is 6.73. The number of halogens is 3. The number of thiazole rings is 1. The summed E-state index contributed by atoms with van der Waals surface area (Å²) in [5.41, 5.74) is 7.76. The summed E-state index contributed by atoms with van der Waals surface area (Å²) in [6.45, 7) is 0.488. The van der Waals surface area contributed by atoms with Crippen molar-refractivity contribution in [2.75, 3.05) is 11.6 Å². The second-order valence-electron chi connectivity index (χ2n) is 7.59. The molecule has 0 spiro atoms. The van der Waals surface area contributed by atoms with E-state index in [-0.39, 0.29) is 5.56 Å². The van der Waals surface area contributed by atoms with E-state index in [9.17, 15) is 8.78 Å². The van der Waals surface area contributed by atoms with E-state index in [0.717, 1.165) is 27.9 Å². The van der Waals surface area contributed by atoms with Crippen LogP contribution in [-0.4, -0.2) is 16.6 Å². The Balaban J connectivity index is 1.71. The topological polar surface area (TPSA) is 54.5 Å². The van der Waals surface area contributed by atoms with Gasteiger partial charge in [-0.15, -0.1) is 0 Å². The lowest BCUT2D eigenvalue weighted by Crippen LogP contribution is -2.38. The van der Waals surface area contributed by atoms with E-state index in [2.05, 4.69) is 0 Å². The van der Waals surface area contributed by atoms with E-state index in [4.69, 9.17) is 27.4 Å². The minimum absolute atomic E-state index is 0.125. The first kappa shape index (κ1) is 22.3. The van der Waals surface area contributed by atoms with Crippen LogP contribution < -0.4 is 10.7 Å². The number of thioether (sulfide) groups is 1. The van der Waals surface area contributed by atoms with Crippen LogP contribution in [0.15, 0.2) is 71.8 Å². The minimum atomic E-state index is -0.716. The molecular formula is C24H19ClF2N4S2. The largest absolute Gasteiger partial charge is 0.330 e. The summed E-state index contributed by atoms with van der Waals surface area (Å²) in [5.74, 6) is -1.04. The Morgan fingerprint density at radius 3 is 2.64 bits per heavy atom. The Labute approximate surface area is 203 Å². The summed E-state index contributed by atoms with van der Waals surface area (Å²) < 4.78 is 29.7. The van der Waals surface area contributed by atoms with Crippen LogP contribution >= 0.6 is 34.7 Å². The van der Waals surface area contributed by atoms with Crippen molar-refractivity contribution in [1.29, 1.82) is 0 Å². The zero-order valence-corrected chi connectivity index (χ0v) is 19.7. The smallest absolute Gasteiger partial charge is 0.208 e. The standard InChI is InChI=1S/C24H19ClF2N4S2/c25-16-7-10-21-20(13-16)29-23(32-21)31-24(11-4-12-28,15-5-2-1-3-6-15)33-22(30-31)18-14-17(26)8-9-19(18)27/h1-3,5-10,13-14H,4,11-12,28H2. The molecule has 9 heteroatoms. The van der Waals surface area contributed by atoms with Gasteiger partial charge in [-0.3, -0.25) is 0 Å². The van der Waals surface area contributed by atoms with Crippen LogP contribution in [0, 0.1) is 11.6 Å². The Kier molecular flexibility index (Phi) is 6.09. The molecular weight excluding hydrogens is 482 g/mol. The summed E-state index contributed by atoms with van der Waals surface area (Å²) in [4.78, 5) is 4.08. The van der Waals surface area contributed by atoms with Gasteiger partial charge in [-0.2, -0.15) is 5.10 Å². The van der Waals surface area contributed by atoms with Gasteiger partial charge in [-0.25, -0.2) is 18.8 Å². The summed E-state index contributed by atoms with van der Waals surface area (Å²) in [6, 6.07) is 18.8. The molecule has 0 saturated heterocycles. The molecule has 1 aliphatic rings. The molecule has 2 N–H and O–H groups in total. The fourth-order valence-electron chi connectivity index (χ4n) is 3.86. The Morgan fingerprint density at radius 1 is 1.03 bits per heavy atom. The first-order valence-corrected chi connectivity index (χ1v) is 12.4. The molecule has 1 aliphatic heterocycles. The molecule has 5 rings (SSSR count). The highest BCUT2D eigenvalue weighted by atomic mass is 35.5. The molecule has 1 atom stereocenters. The molecule has 168 valence electrons. The SMILES string of the molecule is NCCCC1(c2ccccc2)SC(c2cc(F)ccc2F)=NN1c1nc2cc(Cl)ccc2s1. The first-order chi connectivity index (χ1) is 16.0. The van der Waals surface area contributed by atoms with E-state index in [1.54, 1.807) is 6.07 Å². The maximum Gasteiger partial charge on any atom is 0.208 e. The van der Waals surface area contributed by atoms with Crippen LogP contribution in [0.5, 0.6) is 0 Å². The third-order valence-electron chi connectivity index (χ3n) is 5.42. The highest BCUT2D eigenvalue weighted by molar-refractivity contribution is 8.15. The summed E-state index contributed by atoms with van der Waals surface area (Å²) in [6.07, 6.45) is 1.35. The number of benzene rings is 3. The number of hydrogen-bond donors (Lipinski definition) is 1. The Bertz CT molecular complexity index is 1350. The maximum atomic E-state index is 14.7. The van der Waals surface area contributed by atoms with Gasteiger partial charge in [0.2, 0.25) is 5.13 Å². The average Bonchev–Trinajstić information content (AvgIpc) is 3.41. The number of nitrogens with two attached hydrogens (primary N) is 1. The van der Waals surface area contributed by atoms with Crippen molar-refractivity contribution in [2.45, 2.75) is 17.7 Å². The molecule has 4 nitrogen and oxygen atoms in total. The normalized spacial score (nSPS) is 18.2. The molecule has 0 aliphatic carbocycles. The third kappa shape index (κ3) is 4.12. The van der Waals surface area contributed by atoms with Crippen molar-refractivity contribution in [3.8, 4) is 0 Å². The molecule has 0 saturated carbocycles. The van der Waals surface area contributed by atoms with Gasteiger partial charge >= 0.3 is 0 Å². The van der Waals surface area contributed by atoms with Crippen molar-refractivity contribution in [1.82, 2.24) is 4.98 Å². The van der Waals surface area contributed by atoms with Crippen molar-refractivity contribution in [3.05, 3.63) is 94.5 Å². The second kappa shape index (κ2) is 9.02. The fourth-order valence-corrected chi connectivity index (χ4v) is 6.48. The van der Waals surface area contributed by atoms with E-state index in [0.29, 0.717) is 34.6 Å². The molecule has 0 amide bonds. The number of aromatic nitrogens is 1. The Hall–Kier alpha value is -2.52. The summed E-state index contributed by atoms with van der Waals surface area (Å²) in [5, 5.41) is 8.28. The zero-order valence-electron chi connectivity index (χ0n) is 17.3. The molecule has 1 aromatic heterocycles. The molecule has 4 aromatic rings. The van der Waals surface area contributed by atoms with E-state index in [1.807, 2.05) is 47.5 Å². The van der Waals surface area contributed by atoms with E-state index >= 15 is 0 Å². The van der Waals surface area contributed by atoms with E-state index < -0.39 is 16.5 Å². The van der Waals surface area contributed by atoms with Gasteiger partial charge in [-0.05, 0) is 61.3 Å². The first-order valence-electron chi connectivity index (χ1n) is 10.4. The van der Waals surface area contributed by atoms with Crippen molar-refractivity contribution < 1.29 is 8.78 Å². The maximum absolute atomic E-state index is 14.7. The number of hydrazone groups is 1. The highest BCUT2D eigenvalue weighted by Crippen LogP contribution is 2.53. The van der Waals surface area contributed by atoms with Gasteiger partial charge in [0.1, 0.15) is 21.5 Å². The number of anilines is 1. The number of rotatable bonds is 6. The third-order valence-corrected chi connectivity index (χ3v) is 8.11. The molecule has 2 heterocycles. The molecule has 0 fully saturated rings. The van der Waals surface area contributed by atoms with Gasteiger partial charge in [-0.1, -0.05) is 65.0 Å². The number of hydrogen-bond acceptors (Lipinski definition) is 6. The lowest BCUT2D eigenvalue weighted by molar-refractivity contribution is 0.527. The van der Waals surface area contributed by atoms with Crippen LogP contribution in [0.4, 0.5) is 13.9 Å². The lowest BCUT2D eigenvalue weighted by atomic mass is 10.0. The monoisotopic (exact) mass is 500 g/mol. The van der Waals surface area contributed by atoms with Crippen molar-refractivity contribution in [3.63, 3.8) is 0 Å². The zero-order chi connectivity index (χ0) is 23.0. The summed E-state index contributed by atoms with van der Waals surface area (Å²) >= 11 is 9.04. The van der Waals surface area contributed by atoms with Crippen LogP contribution in [-0.2, 0) is 4.87 Å². The van der Waals surface area contributed by atoms with Crippen LogP contribution in [0.3, 0.4) is 0 Å². The predicted molar refractivity (Wildman–Crippen MR) is 134 cm³/mol.